The van der Waals surface area contributed by atoms with Gasteiger partial charge in [-0.25, -0.2) is 0 Å². The summed E-state index contributed by atoms with van der Waals surface area (Å²) in [6, 6.07) is 8.84. The summed E-state index contributed by atoms with van der Waals surface area (Å²) in [5.41, 5.74) is -1.14. The molecule has 4 nitrogen and oxygen atoms in total. The Morgan fingerprint density at radius 1 is 1.31 bits per heavy atom. The number of hydrogen-bond donors (Lipinski definition) is 0. The minimum Gasteiger partial charge on any atom is -0.465 e. The number of ether oxygens (including phenoxy) is 2. The first-order chi connectivity index (χ1) is 12.3. The van der Waals surface area contributed by atoms with Gasteiger partial charge in [0.25, 0.3) is 0 Å². The zero-order chi connectivity index (χ0) is 18.9. The van der Waals surface area contributed by atoms with Crippen LogP contribution >= 0.6 is 0 Å². The van der Waals surface area contributed by atoms with Crippen molar-refractivity contribution in [3.63, 3.8) is 0 Å². The Hall–Kier alpha value is -2.31. The fourth-order valence-electron chi connectivity index (χ4n) is 4.08. The Kier molecular flexibility index (Phi) is 4.82. The van der Waals surface area contributed by atoms with Gasteiger partial charge in [0, 0.05) is 5.92 Å². The summed E-state index contributed by atoms with van der Waals surface area (Å²) in [7, 11) is 0. The number of alkyl halides is 3. The zero-order valence-corrected chi connectivity index (χ0v) is 14.2. The number of carbonyl (C=O) groups excluding carboxylic acids is 2. The SMILES string of the molecule is CCOC(=O)[C@]12C(=O)OCC[C@H]1C(c1ccccc1)=CC[C@H]2C(F)(F)F. The second-order valence-corrected chi connectivity index (χ2v) is 6.42. The molecule has 0 saturated carbocycles. The van der Waals surface area contributed by atoms with Gasteiger partial charge in [-0.2, -0.15) is 13.2 Å². The Morgan fingerprint density at radius 3 is 2.62 bits per heavy atom. The molecule has 0 aromatic heterocycles. The highest BCUT2D eigenvalue weighted by molar-refractivity contribution is 6.04. The summed E-state index contributed by atoms with van der Waals surface area (Å²) in [6.07, 6.45) is -3.58. The summed E-state index contributed by atoms with van der Waals surface area (Å²) in [5.74, 6) is -5.40. The number of halogens is 3. The minimum absolute atomic E-state index is 0.0284. The summed E-state index contributed by atoms with van der Waals surface area (Å²) in [6.45, 7) is 1.35. The highest BCUT2D eigenvalue weighted by Crippen LogP contribution is 2.58. The van der Waals surface area contributed by atoms with E-state index in [0.29, 0.717) is 11.1 Å². The van der Waals surface area contributed by atoms with Gasteiger partial charge >= 0.3 is 18.1 Å². The van der Waals surface area contributed by atoms with Gasteiger partial charge in [-0.3, -0.25) is 9.59 Å². The van der Waals surface area contributed by atoms with E-state index < -0.39 is 41.8 Å². The van der Waals surface area contributed by atoms with E-state index in [1.165, 1.54) is 13.0 Å². The molecule has 1 heterocycles. The summed E-state index contributed by atoms with van der Waals surface area (Å²) in [4.78, 5) is 25.4. The molecule has 0 amide bonds. The number of allylic oxidation sites excluding steroid dienone is 2. The molecule has 1 aliphatic carbocycles. The predicted octanol–water partition coefficient (Wildman–Crippen LogP) is 3.76. The molecule has 140 valence electrons. The number of cyclic esters (lactones) is 1. The van der Waals surface area contributed by atoms with E-state index in [1.54, 1.807) is 30.3 Å². The monoisotopic (exact) mass is 368 g/mol. The molecule has 3 atom stereocenters. The van der Waals surface area contributed by atoms with Gasteiger partial charge in [0.1, 0.15) is 0 Å². The third kappa shape index (κ3) is 2.79. The lowest BCUT2D eigenvalue weighted by atomic mass is 9.57. The lowest BCUT2D eigenvalue weighted by Gasteiger charge is -2.48. The predicted molar refractivity (Wildman–Crippen MR) is 86.7 cm³/mol. The molecular weight excluding hydrogens is 349 g/mol. The van der Waals surface area contributed by atoms with Gasteiger partial charge in [-0.1, -0.05) is 36.4 Å². The zero-order valence-electron chi connectivity index (χ0n) is 14.2. The van der Waals surface area contributed by atoms with E-state index in [1.807, 2.05) is 0 Å². The van der Waals surface area contributed by atoms with Crippen LogP contribution in [0.2, 0.25) is 0 Å². The van der Waals surface area contributed by atoms with Gasteiger partial charge in [-0.15, -0.1) is 0 Å². The molecule has 2 aliphatic rings. The molecule has 0 spiro atoms. The largest absolute Gasteiger partial charge is 0.465 e. The molecular formula is C19H19F3O4. The second kappa shape index (κ2) is 6.78. The molecule has 1 saturated heterocycles. The number of benzene rings is 1. The molecule has 7 heteroatoms. The number of carbonyl (C=O) groups is 2. The first-order valence-electron chi connectivity index (χ1n) is 8.50. The molecule has 1 aromatic rings. The quantitative estimate of drug-likeness (QED) is 0.602. The Balaban J connectivity index is 2.20. The molecule has 1 fully saturated rings. The van der Waals surface area contributed by atoms with Crippen LogP contribution in [0, 0.1) is 17.3 Å². The fourth-order valence-corrected chi connectivity index (χ4v) is 4.08. The molecule has 3 rings (SSSR count). The van der Waals surface area contributed by atoms with Crippen molar-refractivity contribution >= 4 is 17.5 Å². The summed E-state index contributed by atoms with van der Waals surface area (Å²) >= 11 is 0. The molecule has 26 heavy (non-hydrogen) atoms. The maximum absolute atomic E-state index is 13.8. The van der Waals surface area contributed by atoms with Crippen molar-refractivity contribution in [2.75, 3.05) is 13.2 Å². The van der Waals surface area contributed by atoms with Crippen molar-refractivity contribution < 1.29 is 32.2 Å². The van der Waals surface area contributed by atoms with Gasteiger partial charge < -0.3 is 9.47 Å². The summed E-state index contributed by atoms with van der Waals surface area (Å²) < 4.78 is 51.4. The third-order valence-electron chi connectivity index (χ3n) is 5.14. The molecule has 0 N–H and O–H groups in total. The Labute approximate surface area is 149 Å². The smallest absolute Gasteiger partial charge is 0.393 e. The number of esters is 2. The molecule has 1 aromatic carbocycles. The van der Waals surface area contributed by atoms with Crippen molar-refractivity contribution in [3.8, 4) is 0 Å². The van der Waals surface area contributed by atoms with E-state index >= 15 is 0 Å². The van der Waals surface area contributed by atoms with Crippen LogP contribution in [0.25, 0.3) is 5.57 Å². The summed E-state index contributed by atoms with van der Waals surface area (Å²) in [5, 5.41) is 0. The molecule has 0 unspecified atom stereocenters. The van der Waals surface area contributed by atoms with Gasteiger partial charge in [-0.05, 0) is 30.9 Å². The third-order valence-corrected chi connectivity index (χ3v) is 5.14. The van der Waals surface area contributed by atoms with Gasteiger partial charge in [0.15, 0.2) is 5.41 Å². The fraction of sp³-hybridized carbons (Fsp3) is 0.474. The number of fused-ring (bicyclic) bond motifs is 1. The van der Waals surface area contributed by atoms with Crippen LogP contribution in [0.3, 0.4) is 0 Å². The van der Waals surface area contributed by atoms with Crippen molar-refractivity contribution in [3.05, 3.63) is 42.0 Å². The van der Waals surface area contributed by atoms with Crippen molar-refractivity contribution in [1.29, 1.82) is 0 Å². The van der Waals surface area contributed by atoms with Crippen molar-refractivity contribution in [2.45, 2.75) is 25.9 Å². The number of hydrogen-bond acceptors (Lipinski definition) is 4. The van der Waals surface area contributed by atoms with E-state index in [4.69, 9.17) is 9.47 Å². The van der Waals surface area contributed by atoms with E-state index in [2.05, 4.69) is 0 Å². The second-order valence-electron chi connectivity index (χ2n) is 6.42. The van der Waals surface area contributed by atoms with Crippen LogP contribution in [0.15, 0.2) is 36.4 Å². The topological polar surface area (TPSA) is 52.6 Å². The lowest BCUT2D eigenvalue weighted by molar-refractivity contribution is -0.236. The van der Waals surface area contributed by atoms with Gasteiger partial charge in [0.2, 0.25) is 0 Å². The average Bonchev–Trinajstić information content (AvgIpc) is 2.61. The maximum atomic E-state index is 13.8. The van der Waals surface area contributed by atoms with Crippen LogP contribution in [-0.2, 0) is 19.1 Å². The Bertz CT molecular complexity index is 726. The Morgan fingerprint density at radius 2 is 2.00 bits per heavy atom. The van der Waals surface area contributed by atoms with Crippen molar-refractivity contribution in [2.24, 2.45) is 17.3 Å². The standard InChI is InChI=1S/C19H19F3O4/c1-2-25-16(23)18-14(10-11-26-17(18)24)13(12-6-4-3-5-7-12)8-9-15(18)19(20,21)22/h3-8,14-15H,2,9-11H2,1H3/t14-,15+,18-/m0/s1. The van der Waals surface area contributed by atoms with Crippen LogP contribution in [0.1, 0.15) is 25.3 Å². The van der Waals surface area contributed by atoms with Crippen LogP contribution in [0.5, 0.6) is 0 Å². The highest BCUT2D eigenvalue weighted by atomic mass is 19.4. The van der Waals surface area contributed by atoms with Crippen LogP contribution in [0.4, 0.5) is 13.2 Å². The van der Waals surface area contributed by atoms with Gasteiger partial charge in [0.05, 0.1) is 19.1 Å². The minimum atomic E-state index is -4.74. The van der Waals surface area contributed by atoms with Crippen molar-refractivity contribution in [1.82, 2.24) is 0 Å². The first kappa shape index (κ1) is 18.5. The van der Waals surface area contributed by atoms with E-state index in [9.17, 15) is 22.8 Å². The average molecular weight is 368 g/mol. The van der Waals surface area contributed by atoms with Crippen LogP contribution in [-0.4, -0.2) is 31.3 Å². The normalized spacial score (nSPS) is 28.6. The highest BCUT2D eigenvalue weighted by Gasteiger charge is 2.69. The molecule has 0 radical (unpaired) electrons. The molecule has 0 bridgehead atoms. The number of rotatable bonds is 3. The lowest BCUT2D eigenvalue weighted by Crippen LogP contribution is -2.60. The molecule has 1 aliphatic heterocycles. The maximum Gasteiger partial charge on any atom is 0.393 e. The van der Waals surface area contributed by atoms with E-state index in [0.717, 1.165) is 0 Å². The first-order valence-corrected chi connectivity index (χ1v) is 8.50. The van der Waals surface area contributed by atoms with E-state index in [-0.39, 0.29) is 19.6 Å². The van der Waals surface area contributed by atoms with Crippen LogP contribution < -0.4 is 0 Å².